The number of likely N-dealkylation sites (tertiary alicyclic amines) is 1. The minimum absolute atomic E-state index is 0.201. The largest absolute Gasteiger partial charge is 0.454 e. The van der Waals surface area contributed by atoms with Crippen molar-refractivity contribution >= 4 is 29.5 Å². The Labute approximate surface area is 200 Å². The summed E-state index contributed by atoms with van der Waals surface area (Å²) in [6.45, 7) is 0.566. The van der Waals surface area contributed by atoms with E-state index >= 15 is 0 Å². The topological polar surface area (TPSA) is 119 Å². The van der Waals surface area contributed by atoms with Crippen molar-refractivity contribution in [1.29, 1.82) is 0 Å². The lowest BCUT2D eigenvalue weighted by atomic mass is 9.55. The van der Waals surface area contributed by atoms with Gasteiger partial charge in [0.1, 0.15) is 12.3 Å². The summed E-state index contributed by atoms with van der Waals surface area (Å²) in [4.78, 5) is 52.5. The lowest BCUT2D eigenvalue weighted by Crippen LogP contribution is -2.41. The van der Waals surface area contributed by atoms with Gasteiger partial charge in [0, 0.05) is 17.9 Å². The normalized spacial score (nSPS) is 23.5. The Bertz CT molecular complexity index is 1280. The summed E-state index contributed by atoms with van der Waals surface area (Å²) in [6.07, 6.45) is 0. The van der Waals surface area contributed by atoms with Crippen molar-refractivity contribution in [3.8, 4) is 0 Å². The van der Waals surface area contributed by atoms with Gasteiger partial charge < -0.3 is 14.6 Å². The lowest BCUT2D eigenvalue weighted by molar-refractivity contribution is -0.154. The van der Waals surface area contributed by atoms with Crippen molar-refractivity contribution in [2.45, 2.75) is 18.8 Å². The zero-order chi connectivity index (χ0) is 24.3. The third-order valence-corrected chi connectivity index (χ3v) is 7.09. The molecule has 3 aliphatic carbocycles. The van der Waals surface area contributed by atoms with Crippen molar-refractivity contribution in [2.24, 2.45) is 11.8 Å². The summed E-state index contributed by atoms with van der Waals surface area (Å²) in [7, 11) is 0. The highest BCUT2D eigenvalue weighted by Gasteiger charge is 2.61. The molecule has 0 radical (unpaired) electrons. The third-order valence-electron chi connectivity index (χ3n) is 7.09. The predicted octanol–water partition coefficient (Wildman–Crippen LogP) is 2.36. The summed E-state index contributed by atoms with van der Waals surface area (Å²) in [5, 5.41) is 6.08. The fourth-order valence-electron chi connectivity index (χ4n) is 5.82. The highest BCUT2D eigenvalue weighted by atomic mass is 16.5. The quantitative estimate of drug-likeness (QED) is 0.448. The summed E-state index contributed by atoms with van der Waals surface area (Å²) < 4.78 is 9.90. The minimum Gasteiger partial charge on any atom is -0.454 e. The van der Waals surface area contributed by atoms with Crippen LogP contribution in [-0.2, 0) is 23.9 Å². The van der Waals surface area contributed by atoms with Gasteiger partial charge in [-0.2, -0.15) is 0 Å². The lowest BCUT2D eigenvalue weighted by Gasteiger charge is -2.45. The van der Waals surface area contributed by atoms with Crippen LogP contribution in [0.5, 0.6) is 0 Å². The van der Waals surface area contributed by atoms with Crippen molar-refractivity contribution in [1.82, 2.24) is 10.1 Å². The van der Waals surface area contributed by atoms with Crippen LogP contribution in [0.2, 0.25) is 0 Å². The molecule has 176 valence electrons. The molecular weight excluding hydrogens is 450 g/mol. The maximum absolute atomic E-state index is 13.5. The van der Waals surface area contributed by atoms with E-state index in [-0.39, 0.29) is 29.5 Å². The van der Waals surface area contributed by atoms with Crippen LogP contribution in [0.4, 0.5) is 5.82 Å². The van der Waals surface area contributed by atoms with Gasteiger partial charge in [0.25, 0.3) is 5.91 Å². The summed E-state index contributed by atoms with van der Waals surface area (Å²) in [5.74, 6) is -3.10. The number of ether oxygens (including phenoxy) is 1. The molecular formula is C26H21N3O6. The van der Waals surface area contributed by atoms with Crippen molar-refractivity contribution < 1.29 is 28.4 Å². The molecule has 0 unspecified atom stereocenters. The second-order valence-corrected chi connectivity index (χ2v) is 9.06. The van der Waals surface area contributed by atoms with Crippen molar-refractivity contribution in [2.75, 3.05) is 18.5 Å². The van der Waals surface area contributed by atoms with Crippen LogP contribution in [0.15, 0.2) is 59.1 Å². The molecule has 4 aliphatic rings. The Morgan fingerprint density at radius 1 is 0.943 bits per heavy atom. The summed E-state index contributed by atoms with van der Waals surface area (Å²) in [6, 6.07) is 17.4. The van der Waals surface area contributed by atoms with Crippen LogP contribution in [0.3, 0.4) is 0 Å². The highest BCUT2D eigenvalue weighted by Crippen LogP contribution is 2.60. The molecule has 2 heterocycles. The molecule has 0 spiro atoms. The standard InChI is InChI=1S/C26H21N3O6/c1-13-10-18(28-35-13)27-19(30)12-34-20(31)11-29-25(32)23-21-14-6-2-3-7-15(14)22(24(23)26(29)33)17-9-5-4-8-16(17)21/h2-10,21-24H,11-12H2,1H3,(H,27,28,30)/t21?,22?,23-,24-/m0/s1. The molecule has 1 saturated heterocycles. The van der Waals surface area contributed by atoms with Crippen LogP contribution < -0.4 is 5.32 Å². The molecule has 2 bridgehead atoms. The number of anilines is 1. The second kappa shape index (κ2) is 7.90. The Morgan fingerprint density at radius 2 is 1.46 bits per heavy atom. The summed E-state index contributed by atoms with van der Waals surface area (Å²) in [5.41, 5.74) is 4.23. The second-order valence-electron chi connectivity index (χ2n) is 9.06. The van der Waals surface area contributed by atoms with Gasteiger partial charge in [0.15, 0.2) is 12.4 Å². The number of hydrogen-bond donors (Lipinski definition) is 1. The fraction of sp³-hybridized carbons (Fsp3) is 0.269. The molecule has 9 heteroatoms. The first kappa shape index (κ1) is 21.3. The zero-order valence-electron chi connectivity index (χ0n) is 18.8. The number of hydrogen-bond acceptors (Lipinski definition) is 7. The van der Waals surface area contributed by atoms with Gasteiger partial charge in [-0.15, -0.1) is 0 Å². The molecule has 7 rings (SSSR count). The fourth-order valence-corrected chi connectivity index (χ4v) is 5.82. The van der Waals surface area contributed by atoms with Crippen molar-refractivity contribution in [3.63, 3.8) is 0 Å². The number of benzene rings is 2. The van der Waals surface area contributed by atoms with E-state index in [1.165, 1.54) is 6.07 Å². The minimum atomic E-state index is -0.834. The van der Waals surface area contributed by atoms with E-state index < -0.39 is 36.9 Å². The monoisotopic (exact) mass is 471 g/mol. The Balaban J connectivity index is 1.20. The molecule has 1 fully saturated rings. The number of aryl methyl sites for hydroxylation is 1. The molecule has 2 aromatic carbocycles. The van der Waals surface area contributed by atoms with E-state index in [4.69, 9.17) is 9.26 Å². The first-order valence-corrected chi connectivity index (χ1v) is 11.4. The number of rotatable bonds is 5. The zero-order valence-corrected chi connectivity index (χ0v) is 18.8. The number of aromatic nitrogens is 1. The van der Waals surface area contributed by atoms with E-state index in [1.54, 1.807) is 6.92 Å². The predicted molar refractivity (Wildman–Crippen MR) is 121 cm³/mol. The third kappa shape index (κ3) is 3.26. The van der Waals surface area contributed by atoms with Crippen molar-refractivity contribution in [3.05, 3.63) is 82.6 Å². The SMILES string of the molecule is Cc1cc(NC(=O)COC(=O)CN2C(=O)[C@H]3C4c5ccccc5C(c5ccccc54)[C@@H]3C2=O)no1. The van der Waals surface area contributed by atoms with Gasteiger partial charge in [0.05, 0.1) is 11.8 Å². The molecule has 1 N–H and O–H groups in total. The van der Waals surface area contributed by atoms with E-state index in [1.807, 2.05) is 48.5 Å². The molecule has 1 aliphatic heterocycles. The molecule has 9 nitrogen and oxygen atoms in total. The van der Waals surface area contributed by atoms with Gasteiger partial charge >= 0.3 is 5.97 Å². The van der Waals surface area contributed by atoms with Crippen LogP contribution >= 0.6 is 0 Å². The average molecular weight is 471 g/mol. The van der Waals surface area contributed by atoms with E-state index in [0.717, 1.165) is 27.2 Å². The molecule has 2 atom stereocenters. The molecule has 1 aromatic heterocycles. The number of nitrogens with zero attached hydrogens (tertiary/aromatic N) is 2. The number of imide groups is 1. The number of carbonyl (C=O) groups is 4. The van der Waals surface area contributed by atoms with E-state index in [9.17, 15) is 19.2 Å². The first-order chi connectivity index (χ1) is 16.9. The van der Waals surface area contributed by atoms with Gasteiger partial charge in [0.2, 0.25) is 11.8 Å². The number of esters is 1. The van der Waals surface area contributed by atoms with Gasteiger partial charge in [-0.3, -0.25) is 24.1 Å². The average Bonchev–Trinajstić information content (AvgIpc) is 3.38. The van der Waals surface area contributed by atoms with E-state index in [2.05, 4.69) is 10.5 Å². The highest BCUT2D eigenvalue weighted by molar-refractivity contribution is 6.09. The van der Waals surface area contributed by atoms with Crippen LogP contribution in [-0.4, -0.2) is 46.9 Å². The molecule has 3 amide bonds. The van der Waals surface area contributed by atoms with Crippen LogP contribution in [0, 0.1) is 18.8 Å². The Kier molecular flexibility index (Phi) is 4.80. The molecule has 35 heavy (non-hydrogen) atoms. The van der Waals surface area contributed by atoms with E-state index in [0.29, 0.717) is 5.76 Å². The van der Waals surface area contributed by atoms with Gasteiger partial charge in [-0.25, -0.2) is 0 Å². The van der Waals surface area contributed by atoms with Gasteiger partial charge in [-0.1, -0.05) is 53.7 Å². The Hall–Kier alpha value is -4.27. The van der Waals surface area contributed by atoms with Gasteiger partial charge in [-0.05, 0) is 29.2 Å². The number of nitrogens with one attached hydrogen (secondary N) is 1. The van der Waals surface area contributed by atoms with Crippen LogP contribution in [0.1, 0.15) is 39.8 Å². The first-order valence-electron chi connectivity index (χ1n) is 11.4. The molecule has 0 saturated carbocycles. The number of carbonyl (C=O) groups excluding carboxylic acids is 4. The van der Waals surface area contributed by atoms with Crippen LogP contribution in [0.25, 0.3) is 0 Å². The number of amides is 3. The summed E-state index contributed by atoms with van der Waals surface area (Å²) >= 11 is 0. The maximum atomic E-state index is 13.5. The Morgan fingerprint density at radius 3 is 1.91 bits per heavy atom. The smallest absolute Gasteiger partial charge is 0.326 e. The maximum Gasteiger partial charge on any atom is 0.326 e. The molecule has 3 aromatic rings.